The summed E-state index contributed by atoms with van der Waals surface area (Å²) in [4.78, 5) is 30.8. The summed E-state index contributed by atoms with van der Waals surface area (Å²) in [6.07, 6.45) is 0. The molecule has 1 aliphatic heterocycles. The lowest BCUT2D eigenvalue weighted by Crippen LogP contribution is -2.48. The van der Waals surface area contributed by atoms with Crippen LogP contribution in [-0.4, -0.2) is 54.9 Å². The molecule has 5 rings (SSSR count). The van der Waals surface area contributed by atoms with E-state index < -0.39 is 0 Å². The Bertz CT molecular complexity index is 1340. The molecule has 35 heavy (non-hydrogen) atoms. The van der Waals surface area contributed by atoms with Gasteiger partial charge >= 0.3 is 0 Å². The lowest BCUT2D eigenvalue weighted by Gasteiger charge is -2.34. The van der Waals surface area contributed by atoms with E-state index in [1.807, 2.05) is 36.4 Å². The summed E-state index contributed by atoms with van der Waals surface area (Å²) in [7, 11) is 1.52. The Morgan fingerprint density at radius 2 is 1.57 bits per heavy atom. The van der Waals surface area contributed by atoms with Gasteiger partial charge in [0.1, 0.15) is 17.0 Å². The van der Waals surface area contributed by atoms with Crippen LogP contribution in [0, 0.1) is 0 Å². The molecule has 0 saturated carbocycles. The number of carbonyl (C=O) groups is 2. The van der Waals surface area contributed by atoms with Gasteiger partial charge in [0.15, 0.2) is 0 Å². The minimum absolute atomic E-state index is 0.144. The van der Waals surface area contributed by atoms with E-state index in [1.54, 1.807) is 35.2 Å². The number of hydrogen-bond donors (Lipinski definition) is 1. The summed E-state index contributed by atoms with van der Waals surface area (Å²) in [6.45, 7) is 3.56. The highest BCUT2D eigenvalue weighted by atomic mass is 16.5. The van der Waals surface area contributed by atoms with Crippen LogP contribution in [0.3, 0.4) is 0 Å². The van der Waals surface area contributed by atoms with Gasteiger partial charge in [0.25, 0.3) is 11.8 Å². The van der Waals surface area contributed by atoms with Crippen molar-refractivity contribution in [2.24, 2.45) is 0 Å². The number of anilines is 1. The van der Waals surface area contributed by atoms with Gasteiger partial charge in [0.2, 0.25) is 5.76 Å². The quantitative estimate of drug-likeness (QED) is 0.445. The Morgan fingerprint density at radius 3 is 2.34 bits per heavy atom. The van der Waals surface area contributed by atoms with Crippen molar-refractivity contribution in [1.82, 2.24) is 9.80 Å². The number of amides is 2. The zero-order valence-corrected chi connectivity index (χ0v) is 19.6. The maximum Gasteiger partial charge on any atom is 0.291 e. The maximum absolute atomic E-state index is 13.5. The van der Waals surface area contributed by atoms with Crippen molar-refractivity contribution in [3.05, 3.63) is 95.7 Å². The fourth-order valence-corrected chi connectivity index (χ4v) is 4.43. The minimum Gasteiger partial charge on any atom is -0.496 e. The zero-order chi connectivity index (χ0) is 24.2. The monoisotopic (exact) mass is 469 g/mol. The predicted octanol–water partition coefficient (Wildman–Crippen LogP) is 4.65. The molecule has 0 unspecified atom stereocenters. The van der Waals surface area contributed by atoms with Gasteiger partial charge < -0.3 is 19.4 Å². The van der Waals surface area contributed by atoms with Crippen LogP contribution in [-0.2, 0) is 6.54 Å². The Kier molecular flexibility index (Phi) is 6.50. The number of hydrogen-bond acceptors (Lipinski definition) is 5. The van der Waals surface area contributed by atoms with Crippen LogP contribution in [0.2, 0.25) is 0 Å². The Hall–Kier alpha value is -4.10. The number of benzene rings is 3. The first-order chi connectivity index (χ1) is 17.1. The molecule has 178 valence electrons. The first-order valence-corrected chi connectivity index (χ1v) is 11.7. The number of furan rings is 1. The maximum atomic E-state index is 13.5. The molecule has 1 aliphatic rings. The Labute approximate surface area is 203 Å². The van der Waals surface area contributed by atoms with E-state index in [-0.39, 0.29) is 17.6 Å². The summed E-state index contributed by atoms with van der Waals surface area (Å²) in [5, 5.41) is 3.60. The van der Waals surface area contributed by atoms with Gasteiger partial charge in [-0.3, -0.25) is 14.5 Å². The smallest absolute Gasteiger partial charge is 0.291 e. The van der Waals surface area contributed by atoms with Crippen molar-refractivity contribution in [3.8, 4) is 5.75 Å². The number of carbonyl (C=O) groups excluding carboxylic acids is 2. The third-order valence-electron chi connectivity index (χ3n) is 6.29. The number of nitrogens with zero attached hydrogens (tertiary/aromatic N) is 2. The number of rotatable bonds is 6. The van der Waals surface area contributed by atoms with Gasteiger partial charge in [-0.05, 0) is 29.8 Å². The molecule has 0 atom stereocenters. The lowest BCUT2D eigenvalue weighted by atomic mass is 10.1. The highest BCUT2D eigenvalue weighted by Gasteiger charge is 2.29. The summed E-state index contributed by atoms with van der Waals surface area (Å²) in [6, 6.07) is 24.6. The normalized spacial score (nSPS) is 14.1. The summed E-state index contributed by atoms with van der Waals surface area (Å²) in [5.74, 6) is 0.0118. The molecule has 7 heteroatoms. The average Bonchev–Trinajstić information content (AvgIpc) is 3.27. The molecule has 0 spiro atoms. The fourth-order valence-electron chi connectivity index (χ4n) is 4.43. The zero-order valence-electron chi connectivity index (χ0n) is 19.6. The van der Waals surface area contributed by atoms with Crippen LogP contribution < -0.4 is 10.1 Å². The van der Waals surface area contributed by atoms with Gasteiger partial charge in [0.05, 0.1) is 12.7 Å². The van der Waals surface area contributed by atoms with E-state index in [0.29, 0.717) is 41.1 Å². The van der Waals surface area contributed by atoms with Crippen LogP contribution in [0.4, 0.5) is 5.69 Å². The molecule has 0 bridgehead atoms. The number of nitrogens with one attached hydrogen (secondary N) is 1. The molecule has 2 heterocycles. The first kappa shape index (κ1) is 22.7. The molecule has 0 aliphatic carbocycles. The van der Waals surface area contributed by atoms with Crippen molar-refractivity contribution in [1.29, 1.82) is 0 Å². The van der Waals surface area contributed by atoms with Crippen molar-refractivity contribution >= 4 is 28.5 Å². The molecular weight excluding hydrogens is 442 g/mol. The third-order valence-corrected chi connectivity index (χ3v) is 6.29. The highest BCUT2D eigenvalue weighted by Crippen LogP contribution is 2.33. The molecule has 0 radical (unpaired) electrons. The topological polar surface area (TPSA) is 75.0 Å². The molecule has 1 aromatic heterocycles. The Balaban J connectivity index is 1.36. The highest BCUT2D eigenvalue weighted by molar-refractivity contribution is 6.15. The number of ether oxygens (including phenoxy) is 1. The van der Waals surface area contributed by atoms with E-state index in [0.717, 1.165) is 19.6 Å². The molecule has 3 aromatic carbocycles. The van der Waals surface area contributed by atoms with E-state index in [4.69, 9.17) is 9.15 Å². The Morgan fingerprint density at radius 1 is 0.886 bits per heavy atom. The van der Waals surface area contributed by atoms with Gasteiger partial charge in [-0.2, -0.15) is 0 Å². The second-order valence-corrected chi connectivity index (χ2v) is 8.51. The second kappa shape index (κ2) is 10.0. The van der Waals surface area contributed by atoms with Crippen molar-refractivity contribution in [3.63, 3.8) is 0 Å². The van der Waals surface area contributed by atoms with E-state index >= 15 is 0 Å². The van der Waals surface area contributed by atoms with Crippen LogP contribution in [0.25, 0.3) is 11.0 Å². The number of para-hydroxylation sites is 2. The summed E-state index contributed by atoms with van der Waals surface area (Å²) >= 11 is 0. The molecule has 1 N–H and O–H groups in total. The van der Waals surface area contributed by atoms with E-state index in [1.165, 1.54) is 12.7 Å². The standard InChI is InChI=1S/C28H27N3O4/c1-34-23-13-7-6-12-22(23)27(32)29-25-21-11-5-8-14-24(21)35-26(25)28(33)31-17-15-30(16-18-31)19-20-9-3-2-4-10-20/h2-14H,15-19H2,1H3,(H,29,32). The van der Waals surface area contributed by atoms with E-state index in [9.17, 15) is 9.59 Å². The average molecular weight is 470 g/mol. The minimum atomic E-state index is -0.365. The molecular formula is C28H27N3O4. The molecule has 1 fully saturated rings. The van der Waals surface area contributed by atoms with Gasteiger partial charge in [-0.1, -0.05) is 54.6 Å². The van der Waals surface area contributed by atoms with Crippen molar-refractivity contribution in [2.75, 3.05) is 38.6 Å². The predicted molar refractivity (Wildman–Crippen MR) is 135 cm³/mol. The summed E-state index contributed by atoms with van der Waals surface area (Å²) < 4.78 is 11.3. The lowest BCUT2D eigenvalue weighted by molar-refractivity contribution is 0.0601. The largest absolute Gasteiger partial charge is 0.496 e. The summed E-state index contributed by atoms with van der Waals surface area (Å²) in [5.41, 5.74) is 2.57. The van der Waals surface area contributed by atoms with Crippen LogP contribution in [0.15, 0.2) is 83.3 Å². The number of piperazine rings is 1. The van der Waals surface area contributed by atoms with Crippen LogP contribution >= 0.6 is 0 Å². The van der Waals surface area contributed by atoms with Gasteiger partial charge in [0, 0.05) is 38.1 Å². The molecule has 4 aromatic rings. The fraction of sp³-hybridized carbons (Fsp3) is 0.214. The third kappa shape index (κ3) is 4.76. The molecule has 2 amide bonds. The first-order valence-electron chi connectivity index (χ1n) is 11.7. The second-order valence-electron chi connectivity index (χ2n) is 8.51. The van der Waals surface area contributed by atoms with Crippen LogP contribution in [0.1, 0.15) is 26.5 Å². The van der Waals surface area contributed by atoms with E-state index in [2.05, 4.69) is 22.3 Å². The van der Waals surface area contributed by atoms with Crippen molar-refractivity contribution in [2.45, 2.75) is 6.54 Å². The SMILES string of the molecule is COc1ccccc1C(=O)Nc1c(C(=O)N2CCN(Cc3ccccc3)CC2)oc2ccccc12. The molecule has 1 saturated heterocycles. The van der Waals surface area contributed by atoms with Gasteiger partial charge in [-0.15, -0.1) is 0 Å². The van der Waals surface area contributed by atoms with Crippen molar-refractivity contribution < 1.29 is 18.7 Å². The number of methoxy groups -OCH3 is 1. The molecule has 7 nitrogen and oxygen atoms in total. The number of fused-ring (bicyclic) bond motifs is 1. The van der Waals surface area contributed by atoms with Gasteiger partial charge in [-0.25, -0.2) is 0 Å². The van der Waals surface area contributed by atoms with Crippen LogP contribution in [0.5, 0.6) is 5.75 Å².